The van der Waals surface area contributed by atoms with E-state index in [1.54, 1.807) is 24.4 Å². The van der Waals surface area contributed by atoms with E-state index in [9.17, 15) is 5.11 Å². The Hall–Kier alpha value is -1.26. The molecular formula is C12H16ClN3O. The summed E-state index contributed by atoms with van der Waals surface area (Å²) in [4.78, 5) is 2.27. The summed E-state index contributed by atoms with van der Waals surface area (Å²) in [5.41, 5.74) is 0.649. The van der Waals surface area contributed by atoms with Gasteiger partial charge in [0.1, 0.15) is 5.75 Å². The number of benzene rings is 1. The molecule has 1 aliphatic heterocycles. The lowest BCUT2D eigenvalue weighted by atomic mass is 10.2. The molecule has 5 heteroatoms. The summed E-state index contributed by atoms with van der Waals surface area (Å²) in [5.74, 6) is 0.201. The molecule has 0 aliphatic carbocycles. The maximum Gasteiger partial charge on any atom is 0.124 e. The monoisotopic (exact) mass is 253 g/mol. The van der Waals surface area contributed by atoms with Crippen LogP contribution in [-0.4, -0.2) is 54.5 Å². The summed E-state index contributed by atoms with van der Waals surface area (Å²) >= 11 is 5.86. The third-order valence-electron chi connectivity index (χ3n) is 2.83. The predicted molar refractivity (Wildman–Crippen MR) is 69.8 cm³/mol. The first kappa shape index (κ1) is 12.2. The molecule has 0 radical (unpaired) electrons. The molecule has 1 saturated heterocycles. The molecule has 1 aromatic rings. The summed E-state index contributed by atoms with van der Waals surface area (Å²) in [6.45, 7) is 3.85. The van der Waals surface area contributed by atoms with Crippen LogP contribution in [0.15, 0.2) is 23.3 Å². The topological polar surface area (TPSA) is 39.1 Å². The van der Waals surface area contributed by atoms with Gasteiger partial charge >= 0.3 is 0 Å². The Morgan fingerprint density at radius 3 is 2.71 bits per heavy atom. The number of phenols is 1. The second kappa shape index (κ2) is 5.38. The fourth-order valence-electron chi connectivity index (χ4n) is 1.68. The van der Waals surface area contributed by atoms with Crippen LogP contribution in [0.25, 0.3) is 0 Å². The van der Waals surface area contributed by atoms with Crippen molar-refractivity contribution in [2.24, 2.45) is 5.10 Å². The van der Waals surface area contributed by atoms with Crippen molar-refractivity contribution in [2.45, 2.75) is 0 Å². The second-order valence-electron chi connectivity index (χ2n) is 4.20. The highest BCUT2D eigenvalue weighted by atomic mass is 35.5. The van der Waals surface area contributed by atoms with Gasteiger partial charge in [-0.3, -0.25) is 5.01 Å². The summed E-state index contributed by atoms with van der Waals surface area (Å²) in [6.07, 6.45) is 1.66. The van der Waals surface area contributed by atoms with Crippen molar-refractivity contribution in [3.8, 4) is 5.75 Å². The number of hydrogen-bond donors (Lipinski definition) is 1. The van der Waals surface area contributed by atoms with Crippen LogP contribution in [0.3, 0.4) is 0 Å². The second-order valence-corrected chi connectivity index (χ2v) is 4.64. The van der Waals surface area contributed by atoms with Crippen LogP contribution in [-0.2, 0) is 0 Å². The number of aromatic hydroxyl groups is 1. The van der Waals surface area contributed by atoms with Gasteiger partial charge in [-0.1, -0.05) is 11.6 Å². The van der Waals surface area contributed by atoms with E-state index in [-0.39, 0.29) is 5.75 Å². The Labute approximate surface area is 106 Å². The fraction of sp³-hybridized carbons (Fsp3) is 0.417. The Morgan fingerprint density at radius 1 is 1.29 bits per heavy atom. The molecule has 1 aliphatic rings. The number of hydrazone groups is 1. The molecule has 0 saturated carbocycles. The molecule has 0 aromatic heterocycles. The number of nitrogens with zero attached hydrogens (tertiary/aromatic N) is 3. The van der Waals surface area contributed by atoms with Crippen LogP contribution in [0.5, 0.6) is 5.75 Å². The highest BCUT2D eigenvalue weighted by molar-refractivity contribution is 6.30. The molecule has 1 aromatic carbocycles. The number of likely N-dealkylation sites (N-methyl/N-ethyl adjacent to an activating group) is 1. The van der Waals surface area contributed by atoms with E-state index >= 15 is 0 Å². The Bertz CT molecular complexity index is 414. The van der Waals surface area contributed by atoms with Gasteiger partial charge in [-0.15, -0.1) is 0 Å². The van der Waals surface area contributed by atoms with Gasteiger partial charge in [-0.2, -0.15) is 5.10 Å². The first-order valence-corrected chi connectivity index (χ1v) is 5.99. The third-order valence-corrected chi connectivity index (χ3v) is 3.06. The highest BCUT2D eigenvalue weighted by Gasteiger charge is 2.11. The zero-order valence-electron chi connectivity index (χ0n) is 9.80. The van der Waals surface area contributed by atoms with Crippen molar-refractivity contribution in [3.63, 3.8) is 0 Å². The molecule has 0 amide bonds. The highest BCUT2D eigenvalue weighted by Crippen LogP contribution is 2.19. The number of phenolic OH excluding ortho intramolecular Hbond substituents is 1. The fourth-order valence-corrected chi connectivity index (χ4v) is 1.86. The molecule has 92 valence electrons. The molecule has 4 nitrogen and oxygen atoms in total. The van der Waals surface area contributed by atoms with E-state index in [1.165, 1.54) is 0 Å². The number of hydrogen-bond acceptors (Lipinski definition) is 4. The minimum absolute atomic E-state index is 0.201. The number of piperazine rings is 1. The third kappa shape index (κ3) is 3.35. The lowest BCUT2D eigenvalue weighted by Crippen LogP contribution is -2.41. The van der Waals surface area contributed by atoms with Gasteiger partial charge in [0, 0.05) is 36.8 Å². The van der Waals surface area contributed by atoms with Crippen molar-refractivity contribution in [3.05, 3.63) is 28.8 Å². The number of rotatable bonds is 2. The van der Waals surface area contributed by atoms with E-state index in [0.717, 1.165) is 26.2 Å². The smallest absolute Gasteiger partial charge is 0.124 e. The number of halogens is 1. The van der Waals surface area contributed by atoms with E-state index in [1.807, 2.05) is 5.01 Å². The lowest BCUT2D eigenvalue weighted by Gasteiger charge is -2.30. The molecular weight excluding hydrogens is 238 g/mol. The van der Waals surface area contributed by atoms with E-state index in [0.29, 0.717) is 10.6 Å². The van der Waals surface area contributed by atoms with Crippen molar-refractivity contribution >= 4 is 17.8 Å². The molecule has 0 atom stereocenters. The normalized spacial score (nSPS) is 17.9. The van der Waals surface area contributed by atoms with Gasteiger partial charge in [-0.25, -0.2) is 0 Å². The minimum Gasteiger partial charge on any atom is -0.507 e. The Balaban J connectivity index is 2.02. The van der Waals surface area contributed by atoms with E-state index in [4.69, 9.17) is 11.6 Å². The molecule has 1 N–H and O–H groups in total. The van der Waals surface area contributed by atoms with Crippen LogP contribution in [0, 0.1) is 0 Å². The predicted octanol–water partition coefficient (Wildman–Crippen LogP) is 1.63. The van der Waals surface area contributed by atoms with Crippen LogP contribution in [0.1, 0.15) is 5.56 Å². The maximum absolute atomic E-state index is 9.63. The summed E-state index contributed by atoms with van der Waals surface area (Å²) in [7, 11) is 2.10. The van der Waals surface area contributed by atoms with Gasteiger partial charge in [0.25, 0.3) is 0 Å². The quantitative estimate of drug-likeness (QED) is 0.815. The van der Waals surface area contributed by atoms with Crippen molar-refractivity contribution in [1.29, 1.82) is 0 Å². The first-order valence-electron chi connectivity index (χ1n) is 5.61. The zero-order chi connectivity index (χ0) is 12.3. The van der Waals surface area contributed by atoms with Crippen molar-refractivity contribution in [1.82, 2.24) is 9.91 Å². The van der Waals surface area contributed by atoms with Crippen molar-refractivity contribution < 1.29 is 5.11 Å². The summed E-state index contributed by atoms with van der Waals surface area (Å²) in [6, 6.07) is 4.94. The SMILES string of the molecule is CN1CCN(/N=C/c2cc(Cl)ccc2O)CC1. The van der Waals surface area contributed by atoms with Crippen LogP contribution in [0.2, 0.25) is 5.02 Å². The standard InChI is InChI=1S/C12H16ClN3O/c1-15-4-6-16(7-5-15)14-9-10-8-11(13)2-3-12(10)17/h2-3,8-9,17H,4-7H2,1H3/b14-9+. The molecule has 17 heavy (non-hydrogen) atoms. The van der Waals surface area contributed by atoms with E-state index in [2.05, 4.69) is 17.0 Å². The van der Waals surface area contributed by atoms with E-state index < -0.39 is 0 Å². The van der Waals surface area contributed by atoms with Crippen molar-refractivity contribution in [2.75, 3.05) is 33.2 Å². The van der Waals surface area contributed by atoms with Gasteiger partial charge in [0.15, 0.2) is 0 Å². The molecule has 2 rings (SSSR count). The van der Waals surface area contributed by atoms with Gasteiger partial charge in [0.2, 0.25) is 0 Å². The van der Waals surface area contributed by atoms with Gasteiger partial charge in [-0.05, 0) is 25.2 Å². The Morgan fingerprint density at radius 2 is 2.00 bits per heavy atom. The van der Waals surface area contributed by atoms with Crippen LogP contribution >= 0.6 is 11.6 Å². The van der Waals surface area contributed by atoms with Crippen LogP contribution in [0.4, 0.5) is 0 Å². The minimum atomic E-state index is 0.201. The summed E-state index contributed by atoms with van der Waals surface area (Å²) < 4.78 is 0. The molecule has 0 unspecified atom stereocenters. The molecule has 0 spiro atoms. The maximum atomic E-state index is 9.63. The van der Waals surface area contributed by atoms with Gasteiger partial charge < -0.3 is 10.0 Å². The molecule has 1 heterocycles. The molecule has 1 fully saturated rings. The van der Waals surface area contributed by atoms with Gasteiger partial charge in [0.05, 0.1) is 6.21 Å². The zero-order valence-corrected chi connectivity index (χ0v) is 10.6. The Kier molecular flexibility index (Phi) is 3.86. The summed E-state index contributed by atoms with van der Waals surface area (Å²) in [5, 5.41) is 16.6. The lowest BCUT2D eigenvalue weighted by molar-refractivity contribution is 0.159. The molecule has 0 bridgehead atoms. The van der Waals surface area contributed by atoms with Crippen LogP contribution < -0.4 is 0 Å². The average Bonchev–Trinajstić information content (AvgIpc) is 2.32. The average molecular weight is 254 g/mol. The largest absolute Gasteiger partial charge is 0.507 e. The first-order chi connectivity index (χ1) is 8.15.